The summed E-state index contributed by atoms with van der Waals surface area (Å²) in [6, 6.07) is 0. The monoisotopic (exact) mass is 296 g/mol. The van der Waals surface area contributed by atoms with Crippen LogP contribution in [0.25, 0.3) is 0 Å². The molecule has 21 heavy (non-hydrogen) atoms. The average molecular weight is 297 g/mol. The molecule has 2 heteroatoms. The highest BCUT2D eigenvalue weighted by Gasteiger charge is 2.36. The molecule has 0 bridgehead atoms. The van der Waals surface area contributed by atoms with Gasteiger partial charge in [0, 0.05) is 25.2 Å². The molecule has 0 atom stereocenters. The van der Waals surface area contributed by atoms with Gasteiger partial charge in [0.2, 0.25) is 0 Å². The van der Waals surface area contributed by atoms with E-state index in [1.165, 1.54) is 51.9 Å². The first-order valence-corrected chi connectivity index (χ1v) is 9.13. The minimum absolute atomic E-state index is 0.227. The lowest BCUT2D eigenvalue weighted by Crippen LogP contribution is -2.50. The maximum Gasteiger partial charge on any atom is 0.00967 e. The fourth-order valence-corrected chi connectivity index (χ4v) is 3.51. The van der Waals surface area contributed by atoms with E-state index in [1.54, 1.807) is 0 Å². The number of nitrogens with one attached hydrogen (secondary N) is 1. The molecule has 1 aliphatic carbocycles. The van der Waals surface area contributed by atoms with Gasteiger partial charge in [0.15, 0.2) is 0 Å². The van der Waals surface area contributed by atoms with Crippen LogP contribution in [-0.2, 0) is 0 Å². The number of rotatable bonds is 7. The van der Waals surface area contributed by atoms with Crippen molar-refractivity contribution >= 4 is 0 Å². The molecule has 2 nitrogen and oxygen atoms in total. The predicted octanol–water partition coefficient (Wildman–Crippen LogP) is 4.55. The van der Waals surface area contributed by atoms with Crippen LogP contribution in [-0.4, -0.2) is 36.6 Å². The lowest BCUT2D eigenvalue weighted by molar-refractivity contribution is 0.0767. The maximum atomic E-state index is 3.80. The van der Waals surface area contributed by atoms with Gasteiger partial charge in [-0.25, -0.2) is 0 Å². The van der Waals surface area contributed by atoms with E-state index in [1.807, 2.05) is 0 Å². The zero-order chi connectivity index (χ0) is 16.1. The van der Waals surface area contributed by atoms with Crippen molar-refractivity contribution in [2.45, 2.75) is 79.7 Å². The minimum atomic E-state index is 0.227. The fourth-order valence-electron chi connectivity index (χ4n) is 3.51. The Morgan fingerprint density at radius 3 is 2.19 bits per heavy atom. The molecule has 0 aromatic rings. The Morgan fingerprint density at radius 1 is 1.19 bits per heavy atom. The third kappa shape index (κ3) is 7.15. The highest BCUT2D eigenvalue weighted by atomic mass is 15.1. The van der Waals surface area contributed by atoms with Crippen LogP contribution in [0.2, 0.25) is 0 Å². The van der Waals surface area contributed by atoms with E-state index < -0.39 is 0 Å². The first-order chi connectivity index (χ1) is 9.66. The highest BCUT2D eigenvalue weighted by Crippen LogP contribution is 2.39. The summed E-state index contributed by atoms with van der Waals surface area (Å²) in [6.07, 6.45) is 5.60. The number of hydrogen-bond acceptors (Lipinski definition) is 2. The molecule has 1 aliphatic rings. The Bertz CT molecular complexity index is 282. The third-order valence-corrected chi connectivity index (χ3v) is 4.96. The summed E-state index contributed by atoms with van der Waals surface area (Å²) in [4.78, 5) is 2.69. The van der Waals surface area contributed by atoms with Gasteiger partial charge in [0.05, 0.1) is 0 Å². The molecule has 1 saturated carbocycles. The molecular weight excluding hydrogens is 256 g/mol. The highest BCUT2D eigenvalue weighted by molar-refractivity contribution is 4.91. The molecular formula is C19H40N2. The van der Waals surface area contributed by atoms with Crippen molar-refractivity contribution in [3.63, 3.8) is 0 Å². The fraction of sp³-hybridized carbons (Fsp3) is 1.00. The smallest absolute Gasteiger partial charge is 0.00967 e. The van der Waals surface area contributed by atoms with Gasteiger partial charge in [-0.3, -0.25) is 0 Å². The maximum absolute atomic E-state index is 3.80. The van der Waals surface area contributed by atoms with Gasteiger partial charge in [0.1, 0.15) is 0 Å². The molecule has 1 rings (SSSR count). The van der Waals surface area contributed by atoms with E-state index in [-0.39, 0.29) is 5.54 Å². The lowest BCUT2D eigenvalue weighted by Gasteiger charge is -2.44. The molecule has 0 spiro atoms. The molecule has 0 unspecified atom stereocenters. The van der Waals surface area contributed by atoms with E-state index in [4.69, 9.17) is 0 Å². The summed E-state index contributed by atoms with van der Waals surface area (Å²) in [6.45, 7) is 21.2. The van der Waals surface area contributed by atoms with E-state index in [9.17, 15) is 0 Å². The van der Waals surface area contributed by atoms with E-state index in [2.05, 4.69) is 58.7 Å². The molecule has 0 heterocycles. The summed E-state index contributed by atoms with van der Waals surface area (Å²) in [5, 5.41) is 3.80. The first-order valence-electron chi connectivity index (χ1n) is 9.13. The Morgan fingerprint density at radius 2 is 1.76 bits per heavy atom. The van der Waals surface area contributed by atoms with E-state index >= 15 is 0 Å². The van der Waals surface area contributed by atoms with Gasteiger partial charge in [-0.15, -0.1) is 0 Å². The van der Waals surface area contributed by atoms with E-state index in [0.29, 0.717) is 5.41 Å². The van der Waals surface area contributed by atoms with Crippen LogP contribution in [0.4, 0.5) is 0 Å². The molecule has 0 aromatic heterocycles. The molecule has 126 valence electrons. The Labute approximate surface area is 134 Å². The zero-order valence-electron chi connectivity index (χ0n) is 15.8. The zero-order valence-corrected chi connectivity index (χ0v) is 15.8. The lowest BCUT2D eigenvalue weighted by atomic mass is 9.70. The van der Waals surface area contributed by atoms with Crippen LogP contribution in [0.5, 0.6) is 0 Å². The van der Waals surface area contributed by atoms with Gasteiger partial charge in [-0.1, -0.05) is 40.5 Å². The summed E-state index contributed by atoms with van der Waals surface area (Å²) >= 11 is 0. The van der Waals surface area contributed by atoms with Crippen LogP contribution in [0.3, 0.4) is 0 Å². The van der Waals surface area contributed by atoms with Crippen molar-refractivity contribution in [2.75, 3.05) is 26.2 Å². The van der Waals surface area contributed by atoms with Gasteiger partial charge < -0.3 is 10.2 Å². The van der Waals surface area contributed by atoms with Crippen LogP contribution in [0.1, 0.15) is 74.1 Å². The molecule has 1 N–H and O–H groups in total. The summed E-state index contributed by atoms with van der Waals surface area (Å²) < 4.78 is 0. The SMILES string of the molecule is CCN(CC(C)C)CC1(CNC(C)(C)C)CCC(C)CC1. The number of hydrogen-bond donors (Lipinski definition) is 1. The van der Waals surface area contributed by atoms with Gasteiger partial charge in [0.25, 0.3) is 0 Å². The van der Waals surface area contributed by atoms with Crippen LogP contribution in [0, 0.1) is 17.3 Å². The predicted molar refractivity (Wildman–Crippen MR) is 94.8 cm³/mol. The Balaban J connectivity index is 2.71. The second-order valence-corrected chi connectivity index (χ2v) is 9.01. The molecule has 0 aliphatic heterocycles. The Kier molecular flexibility index (Phi) is 7.19. The summed E-state index contributed by atoms with van der Waals surface area (Å²) in [7, 11) is 0. The summed E-state index contributed by atoms with van der Waals surface area (Å²) in [5.41, 5.74) is 0.718. The van der Waals surface area contributed by atoms with Crippen LogP contribution >= 0.6 is 0 Å². The minimum Gasteiger partial charge on any atom is -0.311 e. The van der Waals surface area contributed by atoms with Crippen molar-refractivity contribution < 1.29 is 0 Å². The first kappa shape index (κ1) is 19.0. The van der Waals surface area contributed by atoms with Crippen molar-refractivity contribution in [2.24, 2.45) is 17.3 Å². The summed E-state index contributed by atoms with van der Waals surface area (Å²) in [5.74, 6) is 1.69. The number of nitrogens with zero attached hydrogens (tertiary/aromatic N) is 1. The largest absolute Gasteiger partial charge is 0.311 e. The molecule has 0 aromatic carbocycles. The van der Waals surface area contributed by atoms with Crippen molar-refractivity contribution in [1.82, 2.24) is 10.2 Å². The average Bonchev–Trinajstić information content (AvgIpc) is 2.38. The molecule has 0 saturated heterocycles. The van der Waals surface area contributed by atoms with E-state index in [0.717, 1.165) is 11.8 Å². The van der Waals surface area contributed by atoms with Gasteiger partial charge in [-0.05, 0) is 57.4 Å². The van der Waals surface area contributed by atoms with Crippen molar-refractivity contribution in [3.8, 4) is 0 Å². The van der Waals surface area contributed by atoms with Crippen LogP contribution in [0.15, 0.2) is 0 Å². The van der Waals surface area contributed by atoms with Crippen molar-refractivity contribution in [3.05, 3.63) is 0 Å². The molecule has 0 amide bonds. The topological polar surface area (TPSA) is 15.3 Å². The van der Waals surface area contributed by atoms with Crippen molar-refractivity contribution in [1.29, 1.82) is 0 Å². The second kappa shape index (κ2) is 7.97. The normalized spacial score (nSPS) is 27.6. The van der Waals surface area contributed by atoms with Crippen LogP contribution < -0.4 is 5.32 Å². The third-order valence-electron chi connectivity index (χ3n) is 4.96. The standard InChI is InChI=1S/C19H40N2/c1-8-21(13-16(2)3)15-19(14-20-18(5,6)7)11-9-17(4)10-12-19/h16-17,20H,8-15H2,1-7H3. The molecule has 0 radical (unpaired) electrons. The second-order valence-electron chi connectivity index (χ2n) is 9.01. The molecule has 1 fully saturated rings. The Hall–Kier alpha value is -0.0800. The van der Waals surface area contributed by atoms with Gasteiger partial charge in [-0.2, -0.15) is 0 Å². The van der Waals surface area contributed by atoms with Gasteiger partial charge >= 0.3 is 0 Å². The quantitative estimate of drug-likeness (QED) is 0.741.